The van der Waals surface area contributed by atoms with Crippen LogP contribution in [-0.2, 0) is 9.53 Å². The minimum absolute atomic E-state index is 0.0339. The monoisotopic (exact) mass is 325 g/mol. The van der Waals surface area contributed by atoms with Crippen molar-refractivity contribution in [2.24, 2.45) is 0 Å². The maximum Gasteiger partial charge on any atom is 0.326 e. The Labute approximate surface area is 134 Å². The van der Waals surface area contributed by atoms with Gasteiger partial charge in [0, 0.05) is 11.3 Å². The SMILES string of the molecule is CCOC(=O)C1(NC2CC2)CCCC(Sc2cccs2)C1. The average molecular weight is 325 g/mol. The lowest BCUT2D eigenvalue weighted by atomic mass is 9.81. The Morgan fingerprint density at radius 3 is 3.05 bits per heavy atom. The molecule has 0 aliphatic heterocycles. The van der Waals surface area contributed by atoms with Crippen LogP contribution in [0.25, 0.3) is 0 Å². The van der Waals surface area contributed by atoms with Gasteiger partial charge in [-0.1, -0.05) is 6.07 Å². The molecule has 0 radical (unpaired) electrons. The van der Waals surface area contributed by atoms with Gasteiger partial charge in [-0.05, 0) is 56.9 Å². The van der Waals surface area contributed by atoms with Gasteiger partial charge in [-0.15, -0.1) is 23.1 Å². The van der Waals surface area contributed by atoms with Crippen molar-refractivity contribution in [3.8, 4) is 0 Å². The Balaban J connectivity index is 1.70. The van der Waals surface area contributed by atoms with Crippen LogP contribution in [0.3, 0.4) is 0 Å². The summed E-state index contributed by atoms with van der Waals surface area (Å²) in [4.78, 5) is 12.5. The molecule has 0 aromatic carbocycles. The molecule has 2 aliphatic carbocycles. The van der Waals surface area contributed by atoms with Crippen molar-refractivity contribution in [1.82, 2.24) is 5.32 Å². The number of ether oxygens (including phenoxy) is 1. The molecule has 0 amide bonds. The smallest absolute Gasteiger partial charge is 0.326 e. The zero-order chi connectivity index (χ0) is 14.7. The molecule has 1 aromatic rings. The third kappa shape index (κ3) is 3.82. The number of thioether (sulfide) groups is 1. The van der Waals surface area contributed by atoms with E-state index in [1.165, 1.54) is 23.5 Å². The van der Waals surface area contributed by atoms with Crippen LogP contribution in [0.5, 0.6) is 0 Å². The second kappa shape index (κ2) is 6.71. The van der Waals surface area contributed by atoms with Crippen molar-refractivity contribution in [2.45, 2.75) is 66.5 Å². The molecule has 1 N–H and O–H groups in total. The van der Waals surface area contributed by atoms with Crippen molar-refractivity contribution in [2.75, 3.05) is 6.61 Å². The number of carbonyl (C=O) groups excluding carboxylic acids is 1. The molecule has 2 aliphatic rings. The highest BCUT2D eigenvalue weighted by Crippen LogP contribution is 2.41. The van der Waals surface area contributed by atoms with E-state index >= 15 is 0 Å². The first kappa shape index (κ1) is 15.4. The van der Waals surface area contributed by atoms with Crippen LogP contribution in [0.2, 0.25) is 0 Å². The number of carbonyl (C=O) groups is 1. The second-order valence-corrected chi connectivity index (χ2v) is 8.54. The number of esters is 1. The van der Waals surface area contributed by atoms with Gasteiger partial charge in [0.2, 0.25) is 0 Å². The summed E-state index contributed by atoms with van der Waals surface area (Å²) >= 11 is 3.72. The number of rotatable bonds is 6. The highest BCUT2D eigenvalue weighted by Gasteiger charge is 2.47. The molecule has 2 unspecified atom stereocenters. The van der Waals surface area contributed by atoms with Crippen LogP contribution in [0.4, 0.5) is 0 Å². The molecule has 1 heterocycles. The minimum atomic E-state index is -0.440. The predicted octanol–water partition coefficient (Wildman–Crippen LogP) is 3.84. The van der Waals surface area contributed by atoms with E-state index in [0.717, 1.165) is 19.3 Å². The fourth-order valence-corrected chi connectivity index (χ4v) is 5.47. The summed E-state index contributed by atoms with van der Waals surface area (Å²) in [7, 11) is 0. The van der Waals surface area contributed by atoms with Crippen molar-refractivity contribution in [1.29, 1.82) is 0 Å². The van der Waals surface area contributed by atoms with Gasteiger partial charge in [-0.25, -0.2) is 0 Å². The van der Waals surface area contributed by atoms with Crippen LogP contribution in [0.15, 0.2) is 21.7 Å². The van der Waals surface area contributed by atoms with Crippen LogP contribution in [-0.4, -0.2) is 29.4 Å². The third-order valence-corrected chi connectivity index (χ3v) is 6.55. The number of nitrogens with one attached hydrogen (secondary N) is 1. The van der Waals surface area contributed by atoms with E-state index in [1.807, 2.05) is 18.7 Å². The summed E-state index contributed by atoms with van der Waals surface area (Å²) in [6.07, 6.45) is 6.50. The van der Waals surface area contributed by atoms with Gasteiger partial charge in [0.25, 0.3) is 0 Å². The zero-order valence-electron chi connectivity index (χ0n) is 12.5. The first-order valence-corrected chi connectivity index (χ1v) is 9.63. The summed E-state index contributed by atoms with van der Waals surface area (Å²) in [6, 6.07) is 4.79. The van der Waals surface area contributed by atoms with Gasteiger partial charge in [0.1, 0.15) is 5.54 Å². The van der Waals surface area contributed by atoms with Crippen molar-refractivity contribution in [3.63, 3.8) is 0 Å². The van der Waals surface area contributed by atoms with Crippen molar-refractivity contribution >= 4 is 29.1 Å². The molecule has 3 rings (SSSR count). The van der Waals surface area contributed by atoms with E-state index in [0.29, 0.717) is 17.9 Å². The zero-order valence-corrected chi connectivity index (χ0v) is 14.1. The molecule has 2 atom stereocenters. The topological polar surface area (TPSA) is 38.3 Å². The summed E-state index contributed by atoms with van der Waals surface area (Å²) in [5.41, 5.74) is -0.440. The largest absolute Gasteiger partial charge is 0.465 e. The maximum atomic E-state index is 12.5. The first-order chi connectivity index (χ1) is 10.2. The van der Waals surface area contributed by atoms with Crippen LogP contribution in [0.1, 0.15) is 45.4 Å². The van der Waals surface area contributed by atoms with Crippen LogP contribution < -0.4 is 5.32 Å². The summed E-state index contributed by atoms with van der Waals surface area (Å²) in [6.45, 7) is 2.36. The normalized spacial score (nSPS) is 29.3. The van der Waals surface area contributed by atoms with Crippen molar-refractivity contribution < 1.29 is 9.53 Å². The predicted molar refractivity (Wildman–Crippen MR) is 88.0 cm³/mol. The Morgan fingerprint density at radius 2 is 2.38 bits per heavy atom. The van der Waals surface area contributed by atoms with E-state index in [4.69, 9.17) is 4.74 Å². The lowest BCUT2D eigenvalue weighted by Gasteiger charge is -2.39. The van der Waals surface area contributed by atoms with Crippen LogP contribution in [0, 0.1) is 0 Å². The number of thiophene rings is 1. The molecule has 3 nitrogen and oxygen atoms in total. The quantitative estimate of drug-likeness (QED) is 0.807. The van der Waals surface area contributed by atoms with E-state index in [9.17, 15) is 4.79 Å². The molecule has 0 saturated heterocycles. The maximum absolute atomic E-state index is 12.5. The number of hydrogen-bond acceptors (Lipinski definition) is 5. The Morgan fingerprint density at radius 1 is 1.52 bits per heavy atom. The Kier molecular flexibility index (Phi) is 4.92. The molecule has 0 spiro atoms. The van der Waals surface area contributed by atoms with Gasteiger partial charge in [-0.2, -0.15) is 0 Å². The molecule has 2 fully saturated rings. The summed E-state index contributed by atoms with van der Waals surface area (Å²) in [5, 5.41) is 6.24. The Bertz CT molecular complexity index is 473. The van der Waals surface area contributed by atoms with E-state index in [2.05, 4.69) is 22.8 Å². The van der Waals surface area contributed by atoms with Crippen LogP contribution >= 0.6 is 23.1 Å². The molecular weight excluding hydrogens is 302 g/mol. The molecule has 5 heteroatoms. The average Bonchev–Trinajstić information content (AvgIpc) is 3.13. The van der Waals surface area contributed by atoms with Gasteiger partial charge in [0.05, 0.1) is 10.8 Å². The molecule has 116 valence electrons. The molecule has 2 saturated carbocycles. The van der Waals surface area contributed by atoms with E-state index in [-0.39, 0.29) is 5.97 Å². The summed E-state index contributed by atoms with van der Waals surface area (Å²) < 4.78 is 6.74. The fraction of sp³-hybridized carbons (Fsp3) is 0.688. The minimum Gasteiger partial charge on any atom is -0.465 e. The second-order valence-electron chi connectivity index (χ2n) is 5.99. The highest BCUT2D eigenvalue weighted by molar-refractivity contribution is 8.01. The third-order valence-electron chi connectivity index (χ3n) is 4.21. The van der Waals surface area contributed by atoms with Gasteiger partial charge < -0.3 is 4.74 Å². The molecule has 1 aromatic heterocycles. The standard InChI is InChI=1S/C16H23NO2S2/c1-2-19-15(18)16(17-12-7-8-12)9-3-5-13(11-16)21-14-6-4-10-20-14/h4,6,10,12-13,17H,2-3,5,7-9,11H2,1H3. The molecular formula is C16H23NO2S2. The van der Waals surface area contributed by atoms with E-state index in [1.54, 1.807) is 11.3 Å². The molecule has 0 bridgehead atoms. The van der Waals surface area contributed by atoms with Gasteiger partial charge in [0.15, 0.2) is 0 Å². The van der Waals surface area contributed by atoms with Gasteiger partial charge in [-0.3, -0.25) is 10.1 Å². The Hall–Kier alpha value is -0.520. The fourth-order valence-electron chi connectivity index (χ4n) is 3.08. The number of hydrogen-bond donors (Lipinski definition) is 1. The molecule has 21 heavy (non-hydrogen) atoms. The van der Waals surface area contributed by atoms with E-state index < -0.39 is 5.54 Å². The lowest BCUT2D eigenvalue weighted by molar-refractivity contribution is -0.152. The first-order valence-electron chi connectivity index (χ1n) is 7.87. The lowest BCUT2D eigenvalue weighted by Crippen LogP contribution is -2.57. The highest BCUT2D eigenvalue weighted by atomic mass is 32.2. The van der Waals surface area contributed by atoms with Crippen molar-refractivity contribution in [3.05, 3.63) is 17.5 Å². The van der Waals surface area contributed by atoms with Gasteiger partial charge >= 0.3 is 5.97 Å². The summed E-state index contributed by atoms with van der Waals surface area (Å²) in [5.74, 6) is -0.0339.